The Kier molecular flexibility index (Phi) is 12.6. The fraction of sp³-hybridized carbons (Fsp3) is 0.548. The molecule has 0 fully saturated rings. The van der Waals surface area contributed by atoms with Gasteiger partial charge < -0.3 is 30.9 Å². The number of hydrogen-bond acceptors (Lipinski definition) is 8. The molecule has 0 bridgehead atoms. The van der Waals surface area contributed by atoms with Crippen molar-refractivity contribution in [3.8, 4) is 11.5 Å². The molecule has 5 N–H and O–H groups in total. The molecule has 2 aromatic carbocycles. The van der Waals surface area contributed by atoms with E-state index in [4.69, 9.17) is 15.2 Å². The third kappa shape index (κ3) is 9.65. The van der Waals surface area contributed by atoms with Crippen molar-refractivity contribution in [2.45, 2.75) is 84.5 Å². The van der Waals surface area contributed by atoms with Gasteiger partial charge in [0.1, 0.15) is 6.04 Å². The van der Waals surface area contributed by atoms with Crippen LogP contribution in [0.25, 0.3) is 0 Å². The number of nitrogens with one attached hydrogen (secondary N) is 2. The summed E-state index contributed by atoms with van der Waals surface area (Å²) in [5, 5.41) is 17.2. The van der Waals surface area contributed by atoms with Crippen molar-refractivity contribution in [3.63, 3.8) is 0 Å². The fourth-order valence-corrected chi connectivity index (χ4v) is 6.20. The number of ether oxygens (including phenoxy) is 2. The van der Waals surface area contributed by atoms with Crippen LogP contribution >= 0.6 is 0 Å². The Balaban J connectivity index is 0.00000645. The van der Waals surface area contributed by atoms with Gasteiger partial charge in [-0.2, -0.15) is 4.31 Å². The lowest BCUT2D eigenvalue weighted by atomic mass is 9.85. The summed E-state index contributed by atoms with van der Waals surface area (Å²) >= 11 is 0. The van der Waals surface area contributed by atoms with Crippen LogP contribution in [0.3, 0.4) is 0 Å². The van der Waals surface area contributed by atoms with Gasteiger partial charge in [-0.25, -0.2) is 8.42 Å². The van der Waals surface area contributed by atoms with Crippen LogP contribution in [0.2, 0.25) is 0 Å². The molecule has 4 atom stereocenters. The van der Waals surface area contributed by atoms with Crippen molar-refractivity contribution in [2.75, 3.05) is 19.9 Å². The van der Waals surface area contributed by atoms with Gasteiger partial charge in [0.05, 0.1) is 23.1 Å². The maximum absolute atomic E-state index is 13.8. The zero-order valence-electron chi connectivity index (χ0n) is 25.2. The molecule has 43 heavy (non-hydrogen) atoms. The Labute approximate surface area is 256 Å². The number of nitrogens with zero attached hydrogens (tertiary/aromatic N) is 1. The Morgan fingerprint density at radius 3 is 2.19 bits per heavy atom. The zero-order chi connectivity index (χ0) is 31.2. The molecule has 1 aliphatic rings. The topological polar surface area (TPSA) is 160 Å². The van der Waals surface area contributed by atoms with Crippen LogP contribution < -0.4 is 25.8 Å². The molecule has 0 radical (unpaired) electrons. The molecule has 0 saturated carbocycles. The number of carbonyl (C=O) groups is 2. The molecule has 0 spiro atoms. The highest BCUT2D eigenvalue weighted by molar-refractivity contribution is 7.89. The minimum atomic E-state index is -4.06. The zero-order valence-corrected chi connectivity index (χ0v) is 26.0. The number of nitrogens with two attached hydrogens (primary N) is 1. The average molecular weight is 621 g/mol. The fourth-order valence-electron chi connectivity index (χ4n) is 4.57. The van der Waals surface area contributed by atoms with E-state index in [-0.39, 0.29) is 44.5 Å². The van der Waals surface area contributed by atoms with Crippen molar-refractivity contribution in [1.82, 2.24) is 14.9 Å². The number of fused-ring (bicyclic) bond motifs is 1. The first-order valence-corrected chi connectivity index (χ1v) is 15.5. The van der Waals surface area contributed by atoms with E-state index in [1.807, 2.05) is 65.0 Å². The van der Waals surface area contributed by atoms with E-state index in [0.29, 0.717) is 11.5 Å². The van der Waals surface area contributed by atoms with Crippen molar-refractivity contribution >= 4 is 21.8 Å². The Hall–Kier alpha value is -3.19. The van der Waals surface area contributed by atoms with Crippen LogP contribution in [-0.2, 0) is 26.0 Å². The van der Waals surface area contributed by atoms with Crippen molar-refractivity contribution in [3.05, 3.63) is 54.1 Å². The standard InChI is InChI=1S/C30H44N4O7S.CH4/c1-19(2)16-34(42(38,39)22-12-13-25-26(15-22)41-18-40-25)17-24(35)23(14-21-10-8-7-9-11-21)32-29(37)27(30(4,5)6)33-28(36)20(3)31;/h7-13,15,19-20,23-24,27,35H,14,16-18,31H2,1-6H3,(H,32,37)(H,33,36);1H4/t20-,23-,24+,27+;/m0./s1. The number of benzene rings is 2. The first-order chi connectivity index (χ1) is 19.6. The second kappa shape index (κ2) is 15.0. The summed E-state index contributed by atoms with van der Waals surface area (Å²) in [5.74, 6) is -0.257. The Morgan fingerprint density at radius 1 is 0.977 bits per heavy atom. The van der Waals surface area contributed by atoms with Gasteiger partial charge in [-0.3, -0.25) is 9.59 Å². The third-order valence-corrected chi connectivity index (χ3v) is 8.69. The maximum Gasteiger partial charge on any atom is 0.243 e. The largest absolute Gasteiger partial charge is 0.454 e. The van der Waals surface area contributed by atoms with Crippen LogP contribution in [0.4, 0.5) is 0 Å². The molecule has 0 aliphatic carbocycles. The average Bonchev–Trinajstić information content (AvgIpc) is 3.38. The monoisotopic (exact) mass is 620 g/mol. The van der Waals surface area contributed by atoms with Gasteiger partial charge in [-0.1, -0.05) is 72.4 Å². The number of rotatable bonds is 13. The summed E-state index contributed by atoms with van der Waals surface area (Å²) in [5.41, 5.74) is 5.89. The van der Waals surface area contributed by atoms with Crippen LogP contribution in [-0.4, -0.2) is 73.8 Å². The molecule has 3 rings (SSSR count). The minimum absolute atomic E-state index is 0. The van der Waals surface area contributed by atoms with E-state index in [0.717, 1.165) is 5.56 Å². The number of aliphatic hydroxyl groups is 1. The first kappa shape index (κ1) is 36.0. The highest BCUT2D eigenvalue weighted by Gasteiger charge is 2.37. The summed E-state index contributed by atoms with van der Waals surface area (Å²) in [6.45, 7) is 10.6. The molecular formula is C31H48N4O7S. The van der Waals surface area contributed by atoms with Gasteiger partial charge in [0.2, 0.25) is 28.6 Å². The number of hydrogen-bond donors (Lipinski definition) is 4. The molecule has 12 heteroatoms. The number of aliphatic hydroxyl groups excluding tert-OH is 1. The summed E-state index contributed by atoms with van der Waals surface area (Å²) in [6.07, 6.45) is -1.06. The second-order valence-corrected chi connectivity index (χ2v) is 14.1. The third-order valence-electron chi connectivity index (χ3n) is 6.86. The lowest BCUT2D eigenvalue weighted by Crippen LogP contribution is -2.60. The second-order valence-electron chi connectivity index (χ2n) is 12.2. The molecule has 0 saturated heterocycles. The van der Waals surface area contributed by atoms with E-state index in [9.17, 15) is 23.1 Å². The molecule has 1 heterocycles. The minimum Gasteiger partial charge on any atom is -0.454 e. The SMILES string of the molecule is C.CC(C)CN(C[C@@H](O)[C@H](Cc1ccccc1)NC(=O)[C@@H](NC(=O)[C@H](C)N)C(C)(C)C)S(=O)(=O)c1ccc2c(c1)OCO2. The van der Waals surface area contributed by atoms with E-state index < -0.39 is 51.5 Å². The summed E-state index contributed by atoms with van der Waals surface area (Å²) < 4.78 is 39.5. The maximum atomic E-state index is 13.8. The van der Waals surface area contributed by atoms with Crippen molar-refractivity contribution < 1.29 is 32.6 Å². The summed E-state index contributed by atoms with van der Waals surface area (Å²) in [7, 11) is -4.06. The highest BCUT2D eigenvalue weighted by atomic mass is 32.2. The molecule has 240 valence electrons. The van der Waals surface area contributed by atoms with E-state index in [1.165, 1.54) is 23.4 Å². The van der Waals surface area contributed by atoms with Crippen LogP contribution in [0.5, 0.6) is 11.5 Å². The highest BCUT2D eigenvalue weighted by Crippen LogP contribution is 2.35. The van der Waals surface area contributed by atoms with Gasteiger partial charge in [-0.15, -0.1) is 0 Å². The van der Waals surface area contributed by atoms with Crippen LogP contribution in [0.15, 0.2) is 53.4 Å². The molecule has 1 aliphatic heterocycles. The Bertz CT molecular complexity index is 1330. The van der Waals surface area contributed by atoms with Crippen LogP contribution in [0, 0.1) is 11.3 Å². The van der Waals surface area contributed by atoms with E-state index >= 15 is 0 Å². The smallest absolute Gasteiger partial charge is 0.243 e. The van der Waals surface area contributed by atoms with Crippen molar-refractivity contribution in [1.29, 1.82) is 0 Å². The molecule has 2 amide bonds. The predicted octanol–water partition coefficient (Wildman–Crippen LogP) is 2.66. The first-order valence-electron chi connectivity index (χ1n) is 14.1. The van der Waals surface area contributed by atoms with Gasteiger partial charge >= 0.3 is 0 Å². The number of carbonyl (C=O) groups excluding carboxylic acids is 2. The van der Waals surface area contributed by atoms with Gasteiger partial charge in [-0.05, 0) is 42.4 Å². The predicted molar refractivity (Wildman–Crippen MR) is 166 cm³/mol. The lowest BCUT2D eigenvalue weighted by Gasteiger charge is -2.35. The normalized spacial score (nSPS) is 15.8. The van der Waals surface area contributed by atoms with Gasteiger partial charge in [0, 0.05) is 19.2 Å². The van der Waals surface area contributed by atoms with E-state index in [2.05, 4.69) is 10.6 Å². The number of amides is 2. The quantitative estimate of drug-likeness (QED) is 0.266. The van der Waals surface area contributed by atoms with Crippen LogP contribution in [0.1, 0.15) is 54.5 Å². The van der Waals surface area contributed by atoms with Gasteiger partial charge in [0.15, 0.2) is 11.5 Å². The summed E-state index contributed by atoms with van der Waals surface area (Å²) in [6, 6.07) is 11.0. The molecule has 2 aromatic rings. The molecule has 0 aromatic heterocycles. The van der Waals surface area contributed by atoms with Gasteiger partial charge in [0.25, 0.3) is 0 Å². The van der Waals surface area contributed by atoms with Crippen molar-refractivity contribution in [2.24, 2.45) is 17.1 Å². The number of sulfonamides is 1. The molecular weight excluding hydrogens is 572 g/mol. The van der Waals surface area contributed by atoms with E-state index in [1.54, 1.807) is 6.07 Å². The Morgan fingerprint density at radius 2 is 1.60 bits per heavy atom. The summed E-state index contributed by atoms with van der Waals surface area (Å²) in [4.78, 5) is 26.0. The molecule has 0 unspecified atom stereocenters. The lowest BCUT2D eigenvalue weighted by molar-refractivity contribution is -0.133. The molecule has 11 nitrogen and oxygen atoms in total.